The number of amides is 1. The number of nitrogen functional groups attached to an aromatic ring is 1. The molecule has 2 heterocycles. The molecule has 1 fully saturated rings. The lowest BCUT2D eigenvalue weighted by Crippen LogP contribution is -2.39. The van der Waals surface area contributed by atoms with E-state index in [1.165, 1.54) is 0 Å². The molecule has 0 radical (unpaired) electrons. The number of halogens is 1. The molecule has 0 saturated carbocycles. The fourth-order valence-corrected chi connectivity index (χ4v) is 2.88. The van der Waals surface area contributed by atoms with Crippen molar-refractivity contribution in [1.82, 2.24) is 14.7 Å². The molecule has 1 amide bonds. The van der Waals surface area contributed by atoms with Gasteiger partial charge in [-0.25, -0.2) is 0 Å². The van der Waals surface area contributed by atoms with Gasteiger partial charge in [-0.1, -0.05) is 17.7 Å². The van der Waals surface area contributed by atoms with Gasteiger partial charge in [0.25, 0.3) is 5.91 Å². The number of hydrogen-bond donors (Lipinski definition) is 1. The molecule has 2 N–H and O–H groups in total. The molecule has 110 valence electrons. The average Bonchev–Trinajstić information content (AvgIpc) is 2.93. The lowest BCUT2D eigenvalue weighted by molar-refractivity contribution is 0.0690. The maximum Gasteiger partial charge on any atom is 0.253 e. The molecule has 0 bridgehead atoms. The number of carbonyl (C=O) groups excluding carboxylic acids is 1. The summed E-state index contributed by atoms with van der Waals surface area (Å²) in [6.07, 6.45) is 3.66. The summed E-state index contributed by atoms with van der Waals surface area (Å²) in [5.74, 6) is 0.573. The van der Waals surface area contributed by atoms with E-state index in [2.05, 4.69) is 5.10 Å². The summed E-state index contributed by atoms with van der Waals surface area (Å²) in [4.78, 5) is 14.3. The van der Waals surface area contributed by atoms with Crippen molar-refractivity contribution in [3.63, 3.8) is 0 Å². The first-order chi connectivity index (χ1) is 10.1. The van der Waals surface area contributed by atoms with Gasteiger partial charge in [0.05, 0.1) is 6.04 Å². The Hall–Kier alpha value is -2.01. The van der Waals surface area contributed by atoms with Crippen molar-refractivity contribution >= 4 is 23.3 Å². The SMILES string of the molecule is Nc1ccn(C2CCN(C(=O)c3cccc(Cl)c3)CC2)n1. The first-order valence-electron chi connectivity index (χ1n) is 6.99. The van der Waals surface area contributed by atoms with Gasteiger partial charge in [0, 0.05) is 29.9 Å². The smallest absolute Gasteiger partial charge is 0.253 e. The van der Waals surface area contributed by atoms with E-state index in [1.807, 2.05) is 15.8 Å². The fourth-order valence-electron chi connectivity index (χ4n) is 2.69. The lowest BCUT2D eigenvalue weighted by Gasteiger charge is -2.32. The quantitative estimate of drug-likeness (QED) is 0.927. The zero-order chi connectivity index (χ0) is 14.8. The zero-order valence-corrected chi connectivity index (χ0v) is 12.3. The van der Waals surface area contributed by atoms with E-state index >= 15 is 0 Å². The maximum absolute atomic E-state index is 12.4. The van der Waals surface area contributed by atoms with Crippen LogP contribution in [-0.2, 0) is 0 Å². The van der Waals surface area contributed by atoms with Gasteiger partial charge < -0.3 is 10.6 Å². The molecule has 0 unspecified atom stereocenters. The topological polar surface area (TPSA) is 64.2 Å². The first kappa shape index (κ1) is 13.9. The molecule has 3 rings (SSSR count). The van der Waals surface area contributed by atoms with Crippen LogP contribution in [0.2, 0.25) is 5.02 Å². The molecule has 1 aromatic carbocycles. The number of likely N-dealkylation sites (tertiary alicyclic amines) is 1. The molecule has 0 aliphatic carbocycles. The van der Waals surface area contributed by atoms with E-state index in [0.29, 0.717) is 22.4 Å². The van der Waals surface area contributed by atoms with Crippen molar-refractivity contribution in [2.45, 2.75) is 18.9 Å². The Bertz CT molecular complexity index is 647. The minimum atomic E-state index is 0.0379. The lowest BCUT2D eigenvalue weighted by atomic mass is 10.0. The standard InChI is InChI=1S/C15H17ClN4O/c16-12-3-1-2-11(10-12)15(21)19-7-4-13(5-8-19)20-9-6-14(17)18-20/h1-3,6,9-10,13H,4-5,7-8H2,(H2,17,18). The van der Waals surface area contributed by atoms with Crippen LogP contribution in [-0.4, -0.2) is 33.7 Å². The van der Waals surface area contributed by atoms with Crippen molar-refractivity contribution in [1.29, 1.82) is 0 Å². The van der Waals surface area contributed by atoms with E-state index in [1.54, 1.807) is 30.3 Å². The molecule has 1 aromatic heterocycles. The minimum absolute atomic E-state index is 0.0379. The highest BCUT2D eigenvalue weighted by Gasteiger charge is 2.25. The first-order valence-corrected chi connectivity index (χ1v) is 7.37. The molecule has 0 atom stereocenters. The van der Waals surface area contributed by atoms with E-state index < -0.39 is 0 Å². The van der Waals surface area contributed by atoms with E-state index in [-0.39, 0.29) is 5.91 Å². The summed E-state index contributed by atoms with van der Waals surface area (Å²) in [5, 5.41) is 4.83. The third-order valence-electron chi connectivity index (χ3n) is 3.83. The van der Waals surface area contributed by atoms with Crippen LogP contribution in [0, 0.1) is 0 Å². The van der Waals surface area contributed by atoms with Crippen LogP contribution < -0.4 is 5.73 Å². The summed E-state index contributed by atoms with van der Waals surface area (Å²) < 4.78 is 1.90. The fraction of sp³-hybridized carbons (Fsp3) is 0.333. The number of aromatic nitrogens is 2. The molecule has 1 aliphatic rings. The third kappa shape index (κ3) is 3.03. The van der Waals surface area contributed by atoms with E-state index in [4.69, 9.17) is 17.3 Å². The van der Waals surface area contributed by atoms with Gasteiger partial charge in [-0.05, 0) is 37.1 Å². The Labute approximate surface area is 128 Å². The molecule has 1 aliphatic heterocycles. The van der Waals surface area contributed by atoms with Crippen LogP contribution in [0.15, 0.2) is 36.5 Å². The molecule has 21 heavy (non-hydrogen) atoms. The summed E-state index contributed by atoms with van der Waals surface area (Å²) in [6, 6.07) is 9.19. The second kappa shape index (κ2) is 5.77. The maximum atomic E-state index is 12.4. The van der Waals surface area contributed by atoms with Gasteiger partial charge >= 0.3 is 0 Å². The van der Waals surface area contributed by atoms with Gasteiger partial charge in [-0.15, -0.1) is 0 Å². The zero-order valence-electron chi connectivity index (χ0n) is 11.6. The molecular formula is C15H17ClN4O. The Morgan fingerprint density at radius 2 is 2.05 bits per heavy atom. The summed E-state index contributed by atoms with van der Waals surface area (Å²) in [6.45, 7) is 1.44. The normalized spacial score (nSPS) is 16.1. The predicted octanol–water partition coefficient (Wildman–Crippen LogP) is 2.60. The number of nitrogens with two attached hydrogens (primary N) is 1. The van der Waals surface area contributed by atoms with E-state index in [9.17, 15) is 4.79 Å². The number of benzene rings is 1. The van der Waals surface area contributed by atoms with Gasteiger partial charge in [-0.2, -0.15) is 5.10 Å². The van der Waals surface area contributed by atoms with Crippen molar-refractivity contribution < 1.29 is 4.79 Å². The Morgan fingerprint density at radius 3 is 2.67 bits per heavy atom. The molecule has 2 aromatic rings. The Balaban J connectivity index is 1.64. The highest BCUT2D eigenvalue weighted by atomic mass is 35.5. The number of rotatable bonds is 2. The van der Waals surface area contributed by atoms with Gasteiger partial charge in [0.1, 0.15) is 5.82 Å². The van der Waals surface area contributed by atoms with Crippen LogP contribution in [0.25, 0.3) is 0 Å². The average molecular weight is 305 g/mol. The number of anilines is 1. The molecule has 6 heteroatoms. The number of piperidine rings is 1. The third-order valence-corrected chi connectivity index (χ3v) is 4.06. The number of carbonyl (C=O) groups is 1. The monoisotopic (exact) mass is 304 g/mol. The van der Waals surface area contributed by atoms with Crippen LogP contribution in [0.3, 0.4) is 0 Å². The summed E-state index contributed by atoms with van der Waals surface area (Å²) in [7, 11) is 0. The van der Waals surface area contributed by atoms with Gasteiger partial charge in [0.15, 0.2) is 0 Å². The summed E-state index contributed by atoms with van der Waals surface area (Å²) in [5.41, 5.74) is 6.28. The van der Waals surface area contributed by atoms with Crippen LogP contribution in [0.1, 0.15) is 29.2 Å². The number of nitrogens with zero attached hydrogens (tertiary/aromatic N) is 3. The highest BCUT2D eigenvalue weighted by Crippen LogP contribution is 2.24. The molecule has 5 nitrogen and oxygen atoms in total. The molecule has 1 saturated heterocycles. The Kier molecular flexibility index (Phi) is 3.84. The summed E-state index contributed by atoms with van der Waals surface area (Å²) >= 11 is 5.94. The minimum Gasteiger partial charge on any atom is -0.382 e. The molecule has 0 spiro atoms. The highest BCUT2D eigenvalue weighted by molar-refractivity contribution is 6.30. The van der Waals surface area contributed by atoms with Crippen molar-refractivity contribution in [2.75, 3.05) is 18.8 Å². The van der Waals surface area contributed by atoms with Crippen LogP contribution in [0.5, 0.6) is 0 Å². The Morgan fingerprint density at radius 1 is 1.29 bits per heavy atom. The second-order valence-corrected chi connectivity index (χ2v) is 5.69. The van der Waals surface area contributed by atoms with Gasteiger partial charge in [-0.3, -0.25) is 9.48 Å². The number of hydrogen-bond acceptors (Lipinski definition) is 3. The largest absolute Gasteiger partial charge is 0.382 e. The van der Waals surface area contributed by atoms with Crippen molar-refractivity contribution in [3.8, 4) is 0 Å². The second-order valence-electron chi connectivity index (χ2n) is 5.25. The van der Waals surface area contributed by atoms with Crippen molar-refractivity contribution in [3.05, 3.63) is 47.1 Å². The van der Waals surface area contributed by atoms with Gasteiger partial charge in [0.2, 0.25) is 0 Å². The predicted molar refractivity (Wildman–Crippen MR) is 82.3 cm³/mol. The van der Waals surface area contributed by atoms with Crippen molar-refractivity contribution in [2.24, 2.45) is 0 Å². The van der Waals surface area contributed by atoms with Crippen LogP contribution in [0.4, 0.5) is 5.82 Å². The van der Waals surface area contributed by atoms with Crippen LogP contribution >= 0.6 is 11.6 Å². The molecular weight excluding hydrogens is 288 g/mol. The van der Waals surface area contributed by atoms with E-state index in [0.717, 1.165) is 25.9 Å².